The van der Waals surface area contributed by atoms with Crippen molar-refractivity contribution in [3.63, 3.8) is 0 Å². The van der Waals surface area contributed by atoms with E-state index >= 15 is 0 Å². The van der Waals surface area contributed by atoms with E-state index < -0.39 is 5.91 Å². The molecule has 0 spiro atoms. The molecule has 0 fully saturated rings. The number of rotatable bonds is 8. The Bertz CT molecular complexity index is 1080. The van der Waals surface area contributed by atoms with E-state index in [-0.39, 0.29) is 5.57 Å². The van der Waals surface area contributed by atoms with Crippen LogP contribution in [0.5, 0.6) is 5.75 Å². The van der Waals surface area contributed by atoms with Crippen molar-refractivity contribution in [2.75, 3.05) is 11.9 Å². The van der Waals surface area contributed by atoms with E-state index in [9.17, 15) is 10.1 Å². The zero-order valence-electron chi connectivity index (χ0n) is 16.4. The zero-order valence-corrected chi connectivity index (χ0v) is 18.8. The fourth-order valence-corrected chi connectivity index (χ4v) is 3.70. The van der Waals surface area contributed by atoms with E-state index in [1.807, 2.05) is 60.0 Å². The minimum Gasteiger partial charge on any atom is -0.494 e. The lowest BCUT2D eigenvalue weighted by Gasteiger charge is -2.05. The van der Waals surface area contributed by atoms with Gasteiger partial charge in [0.1, 0.15) is 17.4 Å². The van der Waals surface area contributed by atoms with E-state index in [0.29, 0.717) is 11.7 Å². The molecule has 0 bridgehead atoms. The molecule has 0 aliphatic rings. The Hall–Kier alpha value is -2.95. The van der Waals surface area contributed by atoms with Crippen LogP contribution < -0.4 is 10.1 Å². The number of nitriles is 1. The fourth-order valence-electron chi connectivity index (χ4n) is 2.59. The maximum atomic E-state index is 12.5. The predicted octanol–water partition coefficient (Wildman–Crippen LogP) is 6.30. The Labute approximate surface area is 188 Å². The van der Waals surface area contributed by atoms with Gasteiger partial charge in [-0.1, -0.05) is 53.5 Å². The minimum absolute atomic E-state index is 0.00820. The number of ether oxygens (including phenoxy) is 1. The highest BCUT2D eigenvalue weighted by Gasteiger charge is 2.13. The highest BCUT2D eigenvalue weighted by Crippen LogP contribution is 2.27. The SMILES string of the molecule is CCCCOc1ccc(/C=C(\C#N)C(=O)Nc2nc(-c3cccc(Br)c3)cs2)cc1. The van der Waals surface area contributed by atoms with Crippen molar-refractivity contribution in [1.82, 2.24) is 4.98 Å². The molecule has 0 aliphatic carbocycles. The van der Waals surface area contributed by atoms with Gasteiger partial charge in [0, 0.05) is 15.4 Å². The van der Waals surface area contributed by atoms with Gasteiger partial charge in [0.25, 0.3) is 5.91 Å². The van der Waals surface area contributed by atoms with Crippen molar-refractivity contribution in [3.05, 3.63) is 69.5 Å². The van der Waals surface area contributed by atoms with Gasteiger partial charge in [-0.05, 0) is 42.3 Å². The summed E-state index contributed by atoms with van der Waals surface area (Å²) in [7, 11) is 0. The van der Waals surface area contributed by atoms with Crippen LogP contribution in [-0.2, 0) is 4.79 Å². The number of thiazole rings is 1. The number of aromatic nitrogens is 1. The van der Waals surface area contributed by atoms with Crippen LogP contribution in [0.25, 0.3) is 17.3 Å². The Morgan fingerprint density at radius 3 is 2.80 bits per heavy atom. The third kappa shape index (κ3) is 6.02. The second-order valence-electron chi connectivity index (χ2n) is 6.44. The van der Waals surface area contributed by atoms with Crippen LogP contribution in [0.3, 0.4) is 0 Å². The molecule has 5 nitrogen and oxygen atoms in total. The molecule has 0 unspecified atom stereocenters. The van der Waals surface area contributed by atoms with Crippen molar-refractivity contribution in [3.8, 4) is 23.1 Å². The van der Waals surface area contributed by atoms with E-state index in [0.717, 1.165) is 39.9 Å². The molecule has 0 saturated carbocycles. The van der Waals surface area contributed by atoms with Gasteiger partial charge in [0.2, 0.25) is 0 Å². The summed E-state index contributed by atoms with van der Waals surface area (Å²) in [4.78, 5) is 17.0. The molecule has 152 valence electrons. The molecule has 2 aromatic carbocycles. The van der Waals surface area contributed by atoms with Crippen LogP contribution in [0.1, 0.15) is 25.3 Å². The van der Waals surface area contributed by atoms with Crippen LogP contribution in [0.4, 0.5) is 5.13 Å². The number of unbranched alkanes of at least 4 members (excludes halogenated alkanes) is 1. The Morgan fingerprint density at radius 2 is 2.10 bits per heavy atom. The van der Waals surface area contributed by atoms with Crippen molar-refractivity contribution >= 4 is 44.4 Å². The van der Waals surface area contributed by atoms with Crippen LogP contribution in [0, 0.1) is 11.3 Å². The lowest BCUT2D eigenvalue weighted by atomic mass is 10.1. The van der Waals surface area contributed by atoms with E-state index in [4.69, 9.17) is 4.74 Å². The summed E-state index contributed by atoms with van der Waals surface area (Å²) in [5.74, 6) is 0.280. The first-order valence-corrected chi connectivity index (χ1v) is 11.1. The smallest absolute Gasteiger partial charge is 0.268 e. The largest absolute Gasteiger partial charge is 0.494 e. The molecule has 3 rings (SSSR count). The average Bonchev–Trinajstić information content (AvgIpc) is 3.21. The van der Waals surface area contributed by atoms with E-state index in [1.54, 1.807) is 6.08 Å². The zero-order chi connectivity index (χ0) is 21.3. The molecule has 0 saturated heterocycles. The molecule has 3 aromatic rings. The first-order valence-electron chi connectivity index (χ1n) is 9.46. The molecule has 0 aliphatic heterocycles. The minimum atomic E-state index is -0.490. The third-order valence-corrected chi connectivity index (χ3v) is 5.42. The number of benzene rings is 2. The number of nitrogens with zero attached hydrogens (tertiary/aromatic N) is 2. The van der Waals surface area contributed by atoms with Crippen molar-refractivity contribution in [2.45, 2.75) is 19.8 Å². The van der Waals surface area contributed by atoms with Gasteiger partial charge in [0.05, 0.1) is 12.3 Å². The number of carbonyl (C=O) groups is 1. The lowest BCUT2D eigenvalue weighted by Crippen LogP contribution is -2.13. The van der Waals surface area contributed by atoms with Gasteiger partial charge >= 0.3 is 0 Å². The molecular weight excluding hydrogens is 462 g/mol. The molecule has 0 radical (unpaired) electrons. The Kier molecular flexibility index (Phi) is 7.77. The first kappa shape index (κ1) is 21.8. The summed E-state index contributed by atoms with van der Waals surface area (Å²) in [6.45, 7) is 2.78. The van der Waals surface area contributed by atoms with Gasteiger partial charge in [-0.15, -0.1) is 11.3 Å². The van der Waals surface area contributed by atoms with Gasteiger partial charge in [-0.2, -0.15) is 5.26 Å². The summed E-state index contributed by atoms with van der Waals surface area (Å²) in [5.41, 5.74) is 2.46. The quantitative estimate of drug-likeness (QED) is 0.232. The Morgan fingerprint density at radius 1 is 1.30 bits per heavy atom. The van der Waals surface area contributed by atoms with E-state index in [2.05, 4.69) is 33.2 Å². The number of amides is 1. The van der Waals surface area contributed by atoms with Crippen molar-refractivity contribution in [2.24, 2.45) is 0 Å². The topological polar surface area (TPSA) is 75.0 Å². The second kappa shape index (κ2) is 10.7. The number of hydrogen-bond acceptors (Lipinski definition) is 5. The fraction of sp³-hybridized carbons (Fsp3) is 0.174. The number of hydrogen-bond donors (Lipinski definition) is 1. The molecule has 1 N–H and O–H groups in total. The average molecular weight is 482 g/mol. The number of nitrogens with one attached hydrogen (secondary N) is 1. The number of halogens is 1. The van der Waals surface area contributed by atoms with Crippen LogP contribution in [0.15, 0.2) is 64.0 Å². The third-order valence-electron chi connectivity index (χ3n) is 4.17. The van der Waals surface area contributed by atoms with Gasteiger partial charge in [0.15, 0.2) is 5.13 Å². The molecule has 30 heavy (non-hydrogen) atoms. The van der Waals surface area contributed by atoms with Crippen molar-refractivity contribution < 1.29 is 9.53 Å². The standard InChI is InChI=1S/C23H20BrN3O2S/c1-2-3-11-29-20-9-7-16(8-10-20)12-18(14-25)22(28)27-23-26-21(15-30-23)17-5-4-6-19(24)13-17/h4-10,12-13,15H,2-3,11H2,1H3,(H,26,27,28)/b18-12+. The van der Waals surface area contributed by atoms with Gasteiger partial charge in [-0.3, -0.25) is 10.1 Å². The first-order chi connectivity index (χ1) is 14.6. The normalized spacial score (nSPS) is 11.0. The molecular formula is C23H20BrN3O2S. The summed E-state index contributed by atoms with van der Waals surface area (Å²) in [6.07, 6.45) is 3.62. The van der Waals surface area contributed by atoms with Crippen molar-refractivity contribution in [1.29, 1.82) is 5.26 Å². The molecule has 1 aromatic heterocycles. The highest BCUT2D eigenvalue weighted by atomic mass is 79.9. The lowest BCUT2D eigenvalue weighted by molar-refractivity contribution is -0.112. The second-order valence-corrected chi connectivity index (χ2v) is 8.22. The van der Waals surface area contributed by atoms with Crippen LogP contribution >= 0.6 is 27.3 Å². The van der Waals surface area contributed by atoms with Gasteiger partial charge in [-0.25, -0.2) is 4.98 Å². The predicted molar refractivity (Wildman–Crippen MR) is 124 cm³/mol. The Balaban J connectivity index is 1.67. The molecule has 1 heterocycles. The molecule has 0 atom stereocenters. The van der Waals surface area contributed by atoms with E-state index in [1.165, 1.54) is 11.3 Å². The summed E-state index contributed by atoms with van der Waals surface area (Å²) in [5, 5.41) is 14.4. The summed E-state index contributed by atoms with van der Waals surface area (Å²) in [6, 6.07) is 17.0. The molecule has 7 heteroatoms. The van der Waals surface area contributed by atoms with Crippen LogP contribution in [0.2, 0.25) is 0 Å². The maximum absolute atomic E-state index is 12.5. The van der Waals surface area contributed by atoms with Gasteiger partial charge < -0.3 is 4.74 Å². The maximum Gasteiger partial charge on any atom is 0.268 e. The highest BCUT2D eigenvalue weighted by molar-refractivity contribution is 9.10. The summed E-state index contributed by atoms with van der Waals surface area (Å²) < 4.78 is 6.58. The molecule has 1 amide bonds. The number of anilines is 1. The monoisotopic (exact) mass is 481 g/mol. The number of carbonyl (C=O) groups excluding carboxylic acids is 1. The van der Waals surface area contributed by atoms with Crippen LogP contribution in [-0.4, -0.2) is 17.5 Å². The summed E-state index contributed by atoms with van der Waals surface area (Å²) >= 11 is 4.75.